The summed E-state index contributed by atoms with van der Waals surface area (Å²) >= 11 is 0. The summed E-state index contributed by atoms with van der Waals surface area (Å²) in [5, 5.41) is 0. The summed E-state index contributed by atoms with van der Waals surface area (Å²) in [5.74, 6) is 4.91. The Hall–Kier alpha value is -3.56. The van der Waals surface area contributed by atoms with Crippen LogP contribution >= 0.6 is 0 Å². The Morgan fingerprint density at radius 2 is 1.65 bits per heavy atom. The molecule has 0 N–H and O–H groups in total. The topological polar surface area (TPSA) is 32.7 Å². The van der Waals surface area contributed by atoms with Crippen LogP contribution in [0, 0.1) is 24.3 Å². The fourth-order valence-corrected chi connectivity index (χ4v) is 2.20. The molecule has 23 heavy (non-hydrogen) atoms. The van der Waals surface area contributed by atoms with E-state index in [1.165, 1.54) is 4.90 Å². The second-order valence-electron chi connectivity index (χ2n) is 4.76. The molecule has 0 aromatic heterocycles. The minimum Gasteiger partial charge on any atom is -0.266 e. The third kappa shape index (κ3) is 3.05. The SMILES string of the molecule is C#CC#CN1C(=O)/C(=C/c2ccccc2)N=C1c1ccccc1. The Morgan fingerprint density at radius 3 is 2.30 bits per heavy atom. The highest BCUT2D eigenvalue weighted by Crippen LogP contribution is 2.21. The highest BCUT2D eigenvalue weighted by atomic mass is 16.2. The summed E-state index contributed by atoms with van der Waals surface area (Å²) in [6, 6.07) is 21.6. The first-order chi connectivity index (χ1) is 11.3. The molecule has 0 unspecified atom stereocenters. The van der Waals surface area contributed by atoms with Gasteiger partial charge in [-0.25, -0.2) is 9.89 Å². The molecule has 0 spiro atoms. The van der Waals surface area contributed by atoms with Crippen molar-refractivity contribution >= 4 is 17.8 Å². The number of benzene rings is 2. The van der Waals surface area contributed by atoms with Crippen molar-refractivity contribution in [2.24, 2.45) is 4.99 Å². The summed E-state index contributed by atoms with van der Waals surface area (Å²) in [6.07, 6.45) is 6.92. The maximum Gasteiger partial charge on any atom is 0.290 e. The Balaban J connectivity index is 2.07. The lowest BCUT2D eigenvalue weighted by Crippen LogP contribution is -2.27. The number of aliphatic imine (C=N–C) groups is 1. The van der Waals surface area contributed by atoms with E-state index in [9.17, 15) is 4.79 Å². The van der Waals surface area contributed by atoms with Crippen LogP contribution < -0.4 is 0 Å². The summed E-state index contributed by atoms with van der Waals surface area (Å²) in [5.41, 5.74) is 2.05. The van der Waals surface area contributed by atoms with E-state index in [1.807, 2.05) is 60.7 Å². The summed E-state index contributed by atoms with van der Waals surface area (Å²) in [7, 11) is 0. The van der Waals surface area contributed by atoms with Crippen LogP contribution in [0.5, 0.6) is 0 Å². The summed E-state index contributed by atoms with van der Waals surface area (Å²) in [4.78, 5) is 18.3. The molecule has 2 aromatic carbocycles. The van der Waals surface area contributed by atoms with Crippen molar-refractivity contribution in [1.82, 2.24) is 4.90 Å². The fourth-order valence-electron chi connectivity index (χ4n) is 2.20. The van der Waals surface area contributed by atoms with Gasteiger partial charge in [0.15, 0.2) is 5.84 Å². The smallest absolute Gasteiger partial charge is 0.266 e. The van der Waals surface area contributed by atoms with E-state index in [1.54, 1.807) is 6.08 Å². The van der Waals surface area contributed by atoms with Crippen LogP contribution in [0.2, 0.25) is 0 Å². The molecule has 0 saturated heterocycles. The number of amides is 1. The minimum atomic E-state index is -0.282. The highest BCUT2D eigenvalue weighted by molar-refractivity contribution is 6.21. The van der Waals surface area contributed by atoms with Gasteiger partial charge in [-0.1, -0.05) is 60.7 Å². The fraction of sp³-hybridized carbons (Fsp3) is 0. The predicted octanol–water partition coefficient (Wildman–Crippen LogP) is 2.91. The van der Waals surface area contributed by atoms with Crippen LogP contribution in [0.1, 0.15) is 11.1 Å². The van der Waals surface area contributed by atoms with Gasteiger partial charge in [0, 0.05) is 17.5 Å². The minimum absolute atomic E-state index is 0.282. The van der Waals surface area contributed by atoms with Gasteiger partial charge in [0.25, 0.3) is 5.91 Å². The number of nitrogens with zero attached hydrogens (tertiary/aromatic N) is 2. The first-order valence-electron chi connectivity index (χ1n) is 7.01. The van der Waals surface area contributed by atoms with Crippen molar-refractivity contribution in [3.05, 3.63) is 77.5 Å². The second kappa shape index (κ2) is 6.47. The Kier molecular flexibility index (Phi) is 4.05. The van der Waals surface area contributed by atoms with Crippen molar-refractivity contribution in [2.75, 3.05) is 0 Å². The molecule has 0 radical (unpaired) electrons. The van der Waals surface area contributed by atoms with Crippen molar-refractivity contribution in [1.29, 1.82) is 0 Å². The monoisotopic (exact) mass is 296 g/mol. The number of carbonyl (C=O) groups excluding carboxylic acids is 1. The zero-order chi connectivity index (χ0) is 16.1. The zero-order valence-electron chi connectivity index (χ0n) is 12.2. The van der Waals surface area contributed by atoms with E-state index < -0.39 is 0 Å². The lowest BCUT2D eigenvalue weighted by molar-refractivity contribution is -0.120. The standard InChI is InChI=1S/C20H12N2O/c1-2-3-14-22-19(17-12-8-5-9-13-17)21-18(20(22)23)15-16-10-6-4-7-11-16/h1,4-13,15H/b18-15-. The molecule has 0 aliphatic carbocycles. The van der Waals surface area contributed by atoms with E-state index >= 15 is 0 Å². The molecule has 0 atom stereocenters. The van der Waals surface area contributed by atoms with E-state index in [0.29, 0.717) is 11.5 Å². The predicted molar refractivity (Wildman–Crippen MR) is 90.9 cm³/mol. The quantitative estimate of drug-likeness (QED) is 0.619. The van der Waals surface area contributed by atoms with Crippen LogP contribution in [0.3, 0.4) is 0 Å². The van der Waals surface area contributed by atoms with Crippen molar-refractivity contribution in [3.8, 4) is 24.3 Å². The molecule has 0 saturated carbocycles. The largest absolute Gasteiger partial charge is 0.290 e. The number of rotatable bonds is 2. The molecular formula is C20H12N2O. The van der Waals surface area contributed by atoms with Gasteiger partial charge < -0.3 is 0 Å². The number of hydrogen-bond acceptors (Lipinski definition) is 2. The van der Waals surface area contributed by atoms with Gasteiger partial charge in [0.05, 0.1) is 0 Å². The van der Waals surface area contributed by atoms with Crippen molar-refractivity contribution < 1.29 is 4.79 Å². The molecule has 0 bridgehead atoms. The van der Waals surface area contributed by atoms with Gasteiger partial charge in [0.1, 0.15) is 5.70 Å². The third-order valence-electron chi connectivity index (χ3n) is 3.24. The van der Waals surface area contributed by atoms with Gasteiger partial charge in [-0.05, 0) is 17.6 Å². The molecule has 3 nitrogen and oxygen atoms in total. The van der Waals surface area contributed by atoms with Crippen LogP contribution in [-0.2, 0) is 4.79 Å². The maximum absolute atomic E-state index is 12.6. The first kappa shape index (κ1) is 14.4. The lowest BCUT2D eigenvalue weighted by atomic mass is 10.2. The van der Waals surface area contributed by atoms with Crippen molar-refractivity contribution in [2.45, 2.75) is 0 Å². The Labute approximate surface area is 135 Å². The summed E-state index contributed by atoms with van der Waals surface area (Å²) in [6.45, 7) is 0. The molecule has 1 heterocycles. The number of terminal acetylenes is 1. The number of carbonyl (C=O) groups is 1. The van der Waals surface area contributed by atoms with E-state index in [-0.39, 0.29) is 5.91 Å². The molecular weight excluding hydrogens is 284 g/mol. The normalized spacial score (nSPS) is 14.9. The molecule has 0 fully saturated rings. The third-order valence-corrected chi connectivity index (χ3v) is 3.24. The number of amidine groups is 1. The van der Waals surface area contributed by atoms with Gasteiger partial charge >= 0.3 is 0 Å². The molecule has 1 aliphatic heterocycles. The molecule has 108 valence electrons. The molecule has 3 rings (SSSR count). The Morgan fingerprint density at radius 1 is 1.00 bits per heavy atom. The first-order valence-corrected chi connectivity index (χ1v) is 7.01. The van der Waals surface area contributed by atoms with Crippen LogP contribution in [0.25, 0.3) is 6.08 Å². The van der Waals surface area contributed by atoms with Gasteiger partial charge in [-0.2, -0.15) is 0 Å². The van der Waals surface area contributed by atoms with Gasteiger partial charge in [0.2, 0.25) is 0 Å². The molecule has 3 heteroatoms. The lowest BCUT2D eigenvalue weighted by Gasteiger charge is -2.09. The van der Waals surface area contributed by atoms with Crippen LogP contribution in [-0.4, -0.2) is 16.6 Å². The average molecular weight is 296 g/mol. The van der Waals surface area contributed by atoms with Crippen LogP contribution in [0.4, 0.5) is 0 Å². The zero-order valence-corrected chi connectivity index (χ0v) is 12.2. The molecule has 2 aromatic rings. The van der Waals surface area contributed by atoms with Crippen LogP contribution in [0.15, 0.2) is 71.4 Å². The van der Waals surface area contributed by atoms with E-state index in [4.69, 9.17) is 6.42 Å². The molecule has 1 amide bonds. The molecule has 1 aliphatic rings. The van der Waals surface area contributed by atoms with Gasteiger partial charge in [-0.15, -0.1) is 6.42 Å². The average Bonchev–Trinajstić information content (AvgIpc) is 2.91. The van der Waals surface area contributed by atoms with E-state index in [0.717, 1.165) is 11.1 Å². The van der Waals surface area contributed by atoms with Crippen molar-refractivity contribution in [3.63, 3.8) is 0 Å². The maximum atomic E-state index is 12.6. The number of hydrogen-bond donors (Lipinski definition) is 0. The second-order valence-corrected chi connectivity index (χ2v) is 4.76. The van der Waals surface area contributed by atoms with Gasteiger partial charge in [-0.3, -0.25) is 4.79 Å². The van der Waals surface area contributed by atoms with E-state index in [2.05, 4.69) is 22.9 Å². The highest BCUT2D eigenvalue weighted by Gasteiger charge is 2.30. The Bertz CT molecular complexity index is 891. The summed E-state index contributed by atoms with van der Waals surface area (Å²) < 4.78 is 0.